The van der Waals surface area contributed by atoms with Crippen molar-refractivity contribution in [1.29, 1.82) is 0 Å². The van der Waals surface area contributed by atoms with Crippen LogP contribution < -0.4 is 14.2 Å². The third-order valence-electron chi connectivity index (χ3n) is 14.8. The van der Waals surface area contributed by atoms with Crippen LogP contribution in [0.5, 0.6) is 34.5 Å². The molecule has 6 aromatic carbocycles. The molecule has 6 aromatic rings. The molecule has 438 valence electrons. The Morgan fingerprint density at radius 1 is 0.357 bits per heavy atom. The van der Waals surface area contributed by atoms with E-state index in [1.165, 1.54) is 0 Å². The van der Waals surface area contributed by atoms with E-state index in [9.17, 15) is 108 Å². The van der Waals surface area contributed by atoms with Crippen LogP contribution in [0.2, 0.25) is 0 Å². The van der Waals surface area contributed by atoms with E-state index in [1.807, 2.05) is 0 Å². The second-order valence-corrected chi connectivity index (χ2v) is 19.4. The Bertz CT molecular complexity index is 3540. The van der Waals surface area contributed by atoms with Crippen molar-refractivity contribution in [2.75, 3.05) is 0 Å². The molecule has 0 aromatic heterocycles. The summed E-state index contributed by atoms with van der Waals surface area (Å²) in [6, 6.07) is 11.5. The fourth-order valence-electron chi connectivity index (χ4n) is 11.0. The van der Waals surface area contributed by atoms with Gasteiger partial charge in [-0.3, -0.25) is 0 Å². The van der Waals surface area contributed by atoms with Crippen LogP contribution in [0.1, 0.15) is 68.6 Å². The molecule has 0 bridgehead atoms. The molecule has 0 amide bonds. The number of hydrogen-bond acceptors (Lipinski definition) is 6. The summed E-state index contributed by atoms with van der Waals surface area (Å²) >= 11 is 0. The van der Waals surface area contributed by atoms with Gasteiger partial charge in [-0.1, -0.05) is 0 Å². The molecule has 9 nitrogen and oxygen atoms in total. The van der Waals surface area contributed by atoms with Gasteiger partial charge in [-0.15, -0.1) is 0 Å². The van der Waals surface area contributed by atoms with Crippen molar-refractivity contribution >= 4 is 17.1 Å². The highest BCUT2D eigenvalue weighted by molar-refractivity contribution is 5.65. The van der Waals surface area contributed by atoms with Crippen LogP contribution in [0.25, 0.3) is 14.5 Å². The van der Waals surface area contributed by atoms with Gasteiger partial charge in [0.2, 0.25) is 0 Å². The fraction of sp³-hybridized carbons (Fsp3) is 0.278. The van der Waals surface area contributed by atoms with Gasteiger partial charge in [0, 0.05) is 68.3 Å². The molecule has 0 radical (unpaired) electrons. The minimum atomic E-state index is -5.30. The SMILES string of the molecule is [C-]#[N+]c1cc(F)cc(Oc2ccc3c4c2C(F)[C@@H](F)[C@]4(O)C(F)(F)C3(F)F)c1.[C-]#[N+]c1cc(F)cc(Oc2ccc3c4c2[C@@H](F)[C@@H](F)[C@]4(O)C(F)(F)C3(F)F)c1.[C-]#[N+]c1cc(F)cc(Oc2ccc3c4c2[C@H](F)[C@@H](F)[C@]4(O)C(F)(F)C3(F)F)c1. The summed E-state index contributed by atoms with van der Waals surface area (Å²) in [5.41, 5.74) is -23.9. The van der Waals surface area contributed by atoms with Gasteiger partial charge >= 0.3 is 35.5 Å². The second kappa shape index (κ2) is 18.5. The van der Waals surface area contributed by atoms with E-state index in [4.69, 9.17) is 33.9 Å². The lowest BCUT2D eigenvalue weighted by Gasteiger charge is -2.32. The molecule has 0 saturated carbocycles. The number of benzene rings is 6. The smallest absolute Gasteiger partial charge is 0.349 e. The maximum absolute atomic E-state index is 14.5. The van der Waals surface area contributed by atoms with Crippen LogP contribution in [-0.4, -0.2) is 51.6 Å². The Labute approximate surface area is 454 Å². The number of hydrogen-bond donors (Lipinski definition) is 3. The lowest BCUT2D eigenvalue weighted by Crippen LogP contribution is -2.53. The van der Waals surface area contributed by atoms with Crippen molar-refractivity contribution in [2.45, 2.75) is 89.4 Å². The Morgan fingerprint density at radius 2 is 0.583 bits per heavy atom. The molecule has 0 heterocycles. The van der Waals surface area contributed by atoms with Gasteiger partial charge in [0.05, 0.1) is 19.7 Å². The van der Waals surface area contributed by atoms with Crippen LogP contribution >= 0.6 is 0 Å². The summed E-state index contributed by atoms with van der Waals surface area (Å²) < 4.78 is 313. The zero-order chi connectivity index (χ0) is 61.9. The first-order valence-corrected chi connectivity index (χ1v) is 23.3. The molecule has 6 aliphatic rings. The van der Waals surface area contributed by atoms with Crippen LogP contribution in [0.15, 0.2) is 91.0 Å². The highest BCUT2D eigenvalue weighted by Gasteiger charge is 2.85. The minimum absolute atomic E-state index is 0.206. The molecule has 0 fully saturated rings. The zero-order valence-corrected chi connectivity index (χ0v) is 40.5. The van der Waals surface area contributed by atoms with Crippen LogP contribution in [0, 0.1) is 37.2 Å². The summed E-state index contributed by atoms with van der Waals surface area (Å²) in [4.78, 5) is 8.93. The predicted molar refractivity (Wildman–Crippen MR) is 242 cm³/mol. The largest absolute Gasteiger partial charge is 0.458 e. The molecule has 0 aliphatic heterocycles. The van der Waals surface area contributed by atoms with Crippen molar-refractivity contribution in [2.24, 2.45) is 0 Å². The minimum Gasteiger partial charge on any atom is -0.458 e. The summed E-state index contributed by atoms with van der Waals surface area (Å²) in [6.45, 7) is 20.6. The average molecular weight is 1210 g/mol. The average Bonchev–Trinajstić information content (AvgIpc) is 1.53. The van der Waals surface area contributed by atoms with Crippen LogP contribution in [0.4, 0.5) is 109 Å². The van der Waals surface area contributed by atoms with Crippen molar-refractivity contribution in [3.05, 3.63) is 193 Å². The summed E-state index contributed by atoms with van der Waals surface area (Å²) in [5, 5.41) is 30.4. The zero-order valence-electron chi connectivity index (χ0n) is 40.5. The van der Waals surface area contributed by atoms with Crippen LogP contribution in [-0.2, 0) is 34.6 Å². The van der Waals surface area contributed by atoms with Gasteiger partial charge in [0.15, 0.2) is 70.9 Å². The van der Waals surface area contributed by atoms with E-state index >= 15 is 0 Å². The number of nitrogens with zero attached hydrogens (tertiary/aromatic N) is 3. The molecule has 30 heteroatoms. The van der Waals surface area contributed by atoms with Gasteiger partial charge in [-0.05, 0) is 72.8 Å². The first-order valence-electron chi connectivity index (χ1n) is 23.3. The van der Waals surface area contributed by atoms with Crippen molar-refractivity contribution in [1.82, 2.24) is 0 Å². The van der Waals surface area contributed by atoms with Crippen LogP contribution in [0.3, 0.4) is 0 Å². The Balaban J connectivity index is 0.000000140. The molecule has 6 aliphatic carbocycles. The van der Waals surface area contributed by atoms with Gasteiger partial charge in [0.1, 0.15) is 51.9 Å². The molecule has 1 unspecified atom stereocenters. The molecular weight excluding hydrogens is 1190 g/mol. The lowest BCUT2D eigenvalue weighted by molar-refractivity contribution is -0.302. The van der Waals surface area contributed by atoms with Crippen molar-refractivity contribution in [3.8, 4) is 34.5 Å². The summed E-state index contributed by atoms with van der Waals surface area (Å²) in [6.07, 6.45) is -18.8. The molecule has 12 rings (SSSR count). The van der Waals surface area contributed by atoms with Gasteiger partial charge < -0.3 is 29.5 Å². The third-order valence-corrected chi connectivity index (χ3v) is 14.8. The molecule has 0 saturated heterocycles. The fourth-order valence-corrected chi connectivity index (χ4v) is 11.0. The first-order chi connectivity index (χ1) is 38.9. The van der Waals surface area contributed by atoms with Crippen molar-refractivity contribution in [3.63, 3.8) is 0 Å². The van der Waals surface area contributed by atoms with Crippen molar-refractivity contribution < 1.29 is 122 Å². The normalized spacial score (nSPS) is 28.7. The Morgan fingerprint density at radius 3 is 0.798 bits per heavy atom. The quantitative estimate of drug-likeness (QED) is 0.113. The highest BCUT2D eigenvalue weighted by atomic mass is 19.3. The molecular formula is C54H24F21N3O6. The van der Waals surface area contributed by atoms with Gasteiger partial charge in [0.25, 0.3) is 0 Å². The second-order valence-electron chi connectivity index (χ2n) is 19.4. The number of halogens is 21. The van der Waals surface area contributed by atoms with E-state index in [2.05, 4.69) is 14.5 Å². The molecule has 3 N–H and O–H groups in total. The highest BCUT2D eigenvalue weighted by Crippen LogP contribution is 2.72. The predicted octanol–water partition coefficient (Wildman–Crippen LogP) is 16.4. The molecule has 84 heavy (non-hydrogen) atoms. The number of rotatable bonds is 6. The maximum Gasteiger partial charge on any atom is 0.349 e. The molecule has 9 atom stereocenters. The topological polar surface area (TPSA) is 101 Å². The maximum atomic E-state index is 14.5. The standard InChI is InChI=1S/3C18H8F7NO2/c3*1-26-8-4-7(19)5-9(6-8)28-11-3-2-10-13-12(11)14(20)15(21)16(13,27)18(24,25)17(10,22)23/h3*2-6,14-15,27H/t14?,15-,16+;14-,15+,16-;14-,15-,16+/m101/s1. The van der Waals surface area contributed by atoms with E-state index in [0.29, 0.717) is 36.4 Å². The van der Waals surface area contributed by atoms with E-state index in [0.717, 1.165) is 54.6 Å². The van der Waals surface area contributed by atoms with Gasteiger partial charge in [-0.25, -0.2) is 54.0 Å². The summed E-state index contributed by atoms with van der Waals surface area (Å²) in [5.74, 6) is -36.5. The first kappa shape index (κ1) is 58.8. The Kier molecular flexibility index (Phi) is 13.0. The van der Waals surface area contributed by atoms with Gasteiger partial charge in [-0.2, -0.15) is 52.7 Å². The monoisotopic (exact) mass is 1210 g/mol. The third kappa shape index (κ3) is 7.42. The number of aliphatic hydroxyl groups is 3. The number of ether oxygens (including phenoxy) is 3. The number of alkyl halides is 18. The van der Waals surface area contributed by atoms with E-state index in [-0.39, 0.29) is 34.3 Å². The summed E-state index contributed by atoms with van der Waals surface area (Å²) in [7, 11) is 0. The lowest BCUT2D eigenvalue weighted by atomic mass is 9.93. The Hall–Kier alpha value is -8.40. The van der Waals surface area contributed by atoms with E-state index < -0.39 is 174 Å². The molecule has 0 spiro atoms. The van der Waals surface area contributed by atoms with E-state index in [1.54, 1.807) is 0 Å².